The highest BCUT2D eigenvalue weighted by Crippen LogP contribution is 2.20. The Labute approximate surface area is 124 Å². The quantitative estimate of drug-likeness (QED) is 0.813. The SMILES string of the molecule is NC(=O)Nc1ccc(C(=O)Nc2ccc(Cl)cc2F)cc1. The summed E-state index contributed by atoms with van der Waals surface area (Å²) in [4.78, 5) is 22.6. The molecule has 0 aliphatic rings. The molecule has 21 heavy (non-hydrogen) atoms. The van der Waals surface area contributed by atoms with Gasteiger partial charge in [-0.1, -0.05) is 11.6 Å². The second-order valence-corrected chi connectivity index (χ2v) is 4.58. The van der Waals surface area contributed by atoms with Crippen molar-refractivity contribution in [3.63, 3.8) is 0 Å². The molecule has 0 bridgehead atoms. The Morgan fingerprint density at radius 3 is 2.29 bits per heavy atom. The number of primary amides is 1. The second-order valence-electron chi connectivity index (χ2n) is 4.14. The zero-order valence-corrected chi connectivity index (χ0v) is 11.4. The van der Waals surface area contributed by atoms with Gasteiger partial charge in [-0.3, -0.25) is 4.79 Å². The molecule has 4 N–H and O–H groups in total. The molecule has 0 aliphatic heterocycles. The van der Waals surface area contributed by atoms with Crippen LogP contribution >= 0.6 is 11.6 Å². The maximum Gasteiger partial charge on any atom is 0.316 e. The number of anilines is 2. The Morgan fingerprint density at radius 2 is 1.71 bits per heavy atom. The molecule has 0 heterocycles. The minimum atomic E-state index is -0.699. The van der Waals surface area contributed by atoms with Crippen LogP contribution in [0.25, 0.3) is 0 Å². The van der Waals surface area contributed by atoms with Crippen LogP contribution in [0.3, 0.4) is 0 Å². The minimum absolute atomic E-state index is 0.0312. The minimum Gasteiger partial charge on any atom is -0.351 e. The first-order chi connectivity index (χ1) is 9.95. The van der Waals surface area contributed by atoms with Crippen LogP contribution in [-0.4, -0.2) is 11.9 Å². The maximum absolute atomic E-state index is 13.6. The molecule has 0 unspecified atom stereocenters. The van der Waals surface area contributed by atoms with Gasteiger partial charge in [0.05, 0.1) is 5.69 Å². The highest BCUT2D eigenvalue weighted by Gasteiger charge is 2.10. The third-order valence-corrected chi connectivity index (χ3v) is 2.83. The van der Waals surface area contributed by atoms with Gasteiger partial charge < -0.3 is 16.4 Å². The monoisotopic (exact) mass is 307 g/mol. The molecule has 0 fully saturated rings. The number of nitrogens with two attached hydrogens (primary N) is 1. The van der Waals surface area contributed by atoms with E-state index in [2.05, 4.69) is 10.6 Å². The molecule has 0 aromatic heterocycles. The summed E-state index contributed by atoms with van der Waals surface area (Å²) in [5.74, 6) is -1.11. The number of carbonyl (C=O) groups excluding carboxylic acids is 2. The number of carbonyl (C=O) groups is 2. The average molecular weight is 308 g/mol. The molecule has 3 amide bonds. The standard InChI is InChI=1S/C14H11ClFN3O2/c15-9-3-6-12(11(16)7-9)19-13(20)8-1-4-10(5-2-8)18-14(17)21/h1-7H,(H,19,20)(H3,17,18,21). The predicted molar refractivity (Wildman–Crippen MR) is 79.0 cm³/mol. The van der Waals surface area contributed by atoms with Crippen LogP contribution in [0, 0.1) is 5.82 Å². The summed E-state index contributed by atoms with van der Waals surface area (Å²) in [7, 11) is 0. The van der Waals surface area contributed by atoms with Crippen LogP contribution in [0.1, 0.15) is 10.4 Å². The first kappa shape index (κ1) is 14.8. The zero-order valence-electron chi connectivity index (χ0n) is 10.7. The summed E-state index contributed by atoms with van der Waals surface area (Å²) < 4.78 is 13.6. The number of nitrogens with one attached hydrogen (secondary N) is 2. The Kier molecular flexibility index (Phi) is 4.39. The molecule has 0 radical (unpaired) electrons. The average Bonchev–Trinajstić information content (AvgIpc) is 2.42. The van der Waals surface area contributed by atoms with Gasteiger partial charge in [-0.15, -0.1) is 0 Å². The number of halogens is 2. The molecule has 0 spiro atoms. The third-order valence-electron chi connectivity index (χ3n) is 2.59. The van der Waals surface area contributed by atoms with E-state index >= 15 is 0 Å². The Bertz CT molecular complexity index is 689. The van der Waals surface area contributed by atoms with Gasteiger partial charge in [-0.25, -0.2) is 9.18 Å². The summed E-state index contributed by atoms with van der Waals surface area (Å²) in [5.41, 5.74) is 5.76. The van der Waals surface area contributed by atoms with Crippen LogP contribution in [0.5, 0.6) is 0 Å². The van der Waals surface area contributed by atoms with Crippen molar-refractivity contribution < 1.29 is 14.0 Å². The molecule has 0 aliphatic carbocycles. The van der Waals surface area contributed by atoms with Crippen molar-refractivity contribution in [1.29, 1.82) is 0 Å². The van der Waals surface area contributed by atoms with Gasteiger partial charge >= 0.3 is 6.03 Å². The van der Waals surface area contributed by atoms with Crippen LogP contribution in [0.15, 0.2) is 42.5 Å². The van der Waals surface area contributed by atoms with E-state index in [1.54, 1.807) is 0 Å². The molecule has 0 atom stereocenters. The van der Waals surface area contributed by atoms with Gasteiger partial charge in [0.15, 0.2) is 0 Å². The van der Waals surface area contributed by atoms with E-state index in [4.69, 9.17) is 17.3 Å². The number of benzene rings is 2. The fourth-order valence-corrected chi connectivity index (χ4v) is 1.79. The zero-order chi connectivity index (χ0) is 15.4. The van der Waals surface area contributed by atoms with Gasteiger partial charge in [-0.2, -0.15) is 0 Å². The Balaban J connectivity index is 2.11. The summed E-state index contributed by atoms with van der Waals surface area (Å²) in [6.07, 6.45) is 0. The van der Waals surface area contributed by atoms with Crippen molar-refractivity contribution in [3.8, 4) is 0 Å². The smallest absolute Gasteiger partial charge is 0.316 e. The molecule has 2 rings (SSSR count). The van der Waals surface area contributed by atoms with Gasteiger partial charge in [0, 0.05) is 16.3 Å². The largest absolute Gasteiger partial charge is 0.351 e. The molecule has 2 aromatic carbocycles. The number of amides is 3. The topological polar surface area (TPSA) is 84.2 Å². The number of urea groups is 1. The van der Waals surface area contributed by atoms with E-state index in [1.165, 1.54) is 36.4 Å². The lowest BCUT2D eigenvalue weighted by Crippen LogP contribution is -2.19. The van der Waals surface area contributed by atoms with Crippen molar-refractivity contribution in [1.82, 2.24) is 0 Å². The molecular weight excluding hydrogens is 297 g/mol. The highest BCUT2D eigenvalue weighted by atomic mass is 35.5. The molecule has 2 aromatic rings. The molecule has 5 nitrogen and oxygen atoms in total. The second kappa shape index (κ2) is 6.23. The first-order valence-electron chi connectivity index (χ1n) is 5.88. The van der Waals surface area contributed by atoms with Crippen molar-refractivity contribution in [2.75, 3.05) is 10.6 Å². The van der Waals surface area contributed by atoms with Crippen molar-refractivity contribution in [2.24, 2.45) is 5.73 Å². The van der Waals surface area contributed by atoms with E-state index in [1.807, 2.05) is 0 Å². The summed E-state index contributed by atoms with van der Waals surface area (Å²) >= 11 is 5.63. The van der Waals surface area contributed by atoms with E-state index in [9.17, 15) is 14.0 Å². The molecule has 7 heteroatoms. The summed E-state index contributed by atoms with van der Waals surface area (Å²) in [6, 6.07) is 9.24. The normalized spacial score (nSPS) is 10.0. The van der Waals surface area contributed by atoms with Gasteiger partial charge in [-0.05, 0) is 42.5 Å². The first-order valence-corrected chi connectivity index (χ1v) is 6.26. The van der Waals surface area contributed by atoms with Gasteiger partial charge in [0.2, 0.25) is 0 Å². The maximum atomic E-state index is 13.6. The third kappa shape index (κ3) is 3.93. The Hall–Kier alpha value is -2.60. The van der Waals surface area contributed by atoms with E-state index in [-0.39, 0.29) is 10.7 Å². The number of rotatable bonds is 3. The van der Waals surface area contributed by atoms with E-state index < -0.39 is 17.8 Å². The number of hydrogen-bond donors (Lipinski definition) is 3. The van der Waals surface area contributed by atoms with Crippen LogP contribution in [-0.2, 0) is 0 Å². The van der Waals surface area contributed by atoms with Crippen LogP contribution in [0.2, 0.25) is 5.02 Å². The van der Waals surface area contributed by atoms with Gasteiger partial charge in [0.1, 0.15) is 5.82 Å². The number of hydrogen-bond acceptors (Lipinski definition) is 2. The fraction of sp³-hybridized carbons (Fsp3) is 0. The predicted octanol–water partition coefficient (Wildman–Crippen LogP) is 3.22. The van der Waals surface area contributed by atoms with Gasteiger partial charge in [0.25, 0.3) is 5.91 Å². The lowest BCUT2D eigenvalue weighted by Gasteiger charge is -2.07. The summed E-state index contributed by atoms with van der Waals surface area (Å²) in [6.45, 7) is 0. The van der Waals surface area contributed by atoms with Crippen LogP contribution < -0.4 is 16.4 Å². The molecule has 0 saturated carbocycles. The van der Waals surface area contributed by atoms with Crippen molar-refractivity contribution >= 4 is 34.9 Å². The molecule has 108 valence electrons. The summed E-state index contributed by atoms with van der Waals surface area (Å²) in [5, 5.41) is 5.04. The van der Waals surface area contributed by atoms with Crippen molar-refractivity contribution in [2.45, 2.75) is 0 Å². The lowest BCUT2D eigenvalue weighted by atomic mass is 10.2. The molecule has 0 saturated heterocycles. The van der Waals surface area contributed by atoms with E-state index in [0.717, 1.165) is 6.07 Å². The van der Waals surface area contributed by atoms with Crippen molar-refractivity contribution in [3.05, 3.63) is 58.9 Å². The lowest BCUT2D eigenvalue weighted by molar-refractivity contribution is 0.102. The molecular formula is C14H11ClFN3O2. The van der Waals surface area contributed by atoms with E-state index in [0.29, 0.717) is 11.3 Å². The Morgan fingerprint density at radius 1 is 1.05 bits per heavy atom. The van der Waals surface area contributed by atoms with Crippen LogP contribution in [0.4, 0.5) is 20.6 Å². The fourth-order valence-electron chi connectivity index (χ4n) is 1.63. The highest BCUT2D eigenvalue weighted by molar-refractivity contribution is 6.30.